The number of nitrogens with one attached hydrogen (secondary N) is 3. The molecule has 9 heteroatoms. The van der Waals surface area contributed by atoms with E-state index in [9.17, 15) is 4.79 Å². The number of carbonyl (C=O) groups is 1. The molecule has 0 spiro atoms. The number of carbonyl (C=O) groups excluding carboxylic acids is 1. The highest BCUT2D eigenvalue weighted by Crippen LogP contribution is 2.28. The van der Waals surface area contributed by atoms with Crippen molar-refractivity contribution in [1.82, 2.24) is 20.2 Å². The van der Waals surface area contributed by atoms with Crippen LogP contribution in [0.5, 0.6) is 0 Å². The van der Waals surface area contributed by atoms with Crippen LogP contribution < -0.4 is 10.2 Å². The summed E-state index contributed by atoms with van der Waals surface area (Å²) in [4.78, 5) is 22.9. The van der Waals surface area contributed by atoms with Crippen molar-refractivity contribution in [2.45, 2.75) is 0 Å². The van der Waals surface area contributed by atoms with Gasteiger partial charge in [0.1, 0.15) is 5.69 Å². The molecule has 0 bridgehead atoms. The average Bonchev–Trinajstić information content (AvgIpc) is 3.40. The van der Waals surface area contributed by atoms with E-state index in [0.717, 1.165) is 29.8 Å². The molecule has 8 nitrogen and oxygen atoms in total. The SMILES string of the molecule is O=C(Nc1cn[nH]c1-c1nc2ccccc2[nH]1)c1ccc(N2CCOCC2)cc1Cl. The van der Waals surface area contributed by atoms with Gasteiger partial charge in [-0.25, -0.2) is 4.98 Å². The van der Waals surface area contributed by atoms with Crippen molar-refractivity contribution in [1.29, 1.82) is 0 Å². The fourth-order valence-corrected chi connectivity index (χ4v) is 3.79. The van der Waals surface area contributed by atoms with Gasteiger partial charge >= 0.3 is 0 Å². The Morgan fingerprint density at radius 3 is 2.80 bits per heavy atom. The van der Waals surface area contributed by atoms with Crippen LogP contribution in [-0.4, -0.2) is 52.4 Å². The molecule has 1 fully saturated rings. The number of H-pyrrole nitrogens is 2. The molecule has 2 aromatic carbocycles. The van der Waals surface area contributed by atoms with Crippen molar-refractivity contribution in [3.05, 3.63) is 59.2 Å². The standard InChI is InChI=1S/C21H19ClN6O2/c22-15-11-13(28-7-9-30-10-8-28)5-6-14(15)21(29)26-18-12-23-27-19(18)20-24-16-3-1-2-4-17(16)25-20/h1-6,11-12H,7-10H2,(H,23,27)(H,24,25)(H,26,29). The van der Waals surface area contributed by atoms with E-state index in [1.165, 1.54) is 0 Å². The normalized spacial score (nSPS) is 14.2. The van der Waals surface area contributed by atoms with E-state index < -0.39 is 0 Å². The summed E-state index contributed by atoms with van der Waals surface area (Å²) in [6.07, 6.45) is 1.55. The number of hydrogen-bond acceptors (Lipinski definition) is 5. The first-order valence-corrected chi connectivity index (χ1v) is 9.99. The second-order valence-corrected chi connectivity index (χ2v) is 7.39. The molecule has 1 aliphatic rings. The molecule has 1 saturated heterocycles. The van der Waals surface area contributed by atoms with E-state index >= 15 is 0 Å². The van der Waals surface area contributed by atoms with Crippen LogP contribution in [0.15, 0.2) is 48.7 Å². The summed E-state index contributed by atoms with van der Waals surface area (Å²) in [5, 5.41) is 10.2. The van der Waals surface area contributed by atoms with Crippen LogP contribution in [0.3, 0.4) is 0 Å². The lowest BCUT2D eigenvalue weighted by molar-refractivity contribution is 0.102. The maximum atomic E-state index is 12.9. The van der Waals surface area contributed by atoms with Crippen LogP contribution in [0, 0.1) is 0 Å². The predicted octanol–water partition coefficient (Wildman–Crippen LogP) is 3.70. The molecule has 1 aliphatic heterocycles. The second-order valence-electron chi connectivity index (χ2n) is 6.98. The van der Waals surface area contributed by atoms with Gasteiger partial charge in [0, 0.05) is 18.8 Å². The number of aromatic amines is 2. The molecule has 3 heterocycles. The van der Waals surface area contributed by atoms with Crippen molar-refractivity contribution < 1.29 is 9.53 Å². The second kappa shape index (κ2) is 7.81. The van der Waals surface area contributed by atoms with E-state index in [1.54, 1.807) is 12.3 Å². The highest BCUT2D eigenvalue weighted by molar-refractivity contribution is 6.34. The van der Waals surface area contributed by atoms with Gasteiger partial charge in [-0.15, -0.1) is 0 Å². The number of morpholine rings is 1. The number of ether oxygens (including phenoxy) is 1. The molecule has 30 heavy (non-hydrogen) atoms. The Morgan fingerprint density at radius 1 is 1.17 bits per heavy atom. The smallest absolute Gasteiger partial charge is 0.257 e. The predicted molar refractivity (Wildman–Crippen MR) is 116 cm³/mol. The number of halogens is 1. The number of aromatic nitrogens is 4. The number of benzene rings is 2. The number of amides is 1. The quantitative estimate of drug-likeness (QED) is 0.465. The molecule has 0 aliphatic carbocycles. The highest BCUT2D eigenvalue weighted by atomic mass is 35.5. The maximum absolute atomic E-state index is 12.9. The molecular formula is C21H19ClN6O2. The molecule has 0 saturated carbocycles. The van der Waals surface area contributed by atoms with Crippen LogP contribution in [0.1, 0.15) is 10.4 Å². The monoisotopic (exact) mass is 422 g/mol. The van der Waals surface area contributed by atoms with Gasteiger partial charge in [-0.05, 0) is 30.3 Å². The zero-order chi connectivity index (χ0) is 20.5. The van der Waals surface area contributed by atoms with E-state index in [4.69, 9.17) is 16.3 Å². The molecule has 0 atom stereocenters. The Bertz CT molecular complexity index is 1180. The molecule has 152 valence electrons. The number of para-hydroxylation sites is 2. The van der Waals surface area contributed by atoms with Crippen LogP contribution >= 0.6 is 11.6 Å². The first-order chi connectivity index (χ1) is 14.7. The zero-order valence-corrected chi connectivity index (χ0v) is 16.7. The summed E-state index contributed by atoms with van der Waals surface area (Å²) >= 11 is 6.43. The maximum Gasteiger partial charge on any atom is 0.257 e. The van der Waals surface area contributed by atoms with Crippen LogP contribution in [0.2, 0.25) is 5.02 Å². The Kier molecular flexibility index (Phi) is 4.86. The molecule has 0 unspecified atom stereocenters. The number of nitrogens with zero attached hydrogens (tertiary/aromatic N) is 3. The third-order valence-electron chi connectivity index (χ3n) is 5.09. The van der Waals surface area contributed by atoms with Crippen molar-refractivity contribution in [2.75, 3.05) is 36.5 Å². The van der Waals surface area contributed by atoms with E-state index in [1.807, 2.05) is 36.4 Å². The van der Waals surface area contributed by atoms with Gasteiger partial charge in [0.25, 0.3) is 5.91 Å². The van der Waals surface area contributed by atoms with Crippen molar-refractivity contribution in [2.24, 2.45) is 0 Å². The fraction of sp³-hybridized carbons (Fsp3) is 0.190. The molecule has 4 aromatic rings. The molecule has 5 rings (SSSR count). The zero-order valence-electron chi connectivity index (χ0n) is 16.0. The minimum atomic E-state index is -0.313. The summed E-state index contributed by atoms with van der Waals surface area (Å²) < 4.78 is 5.38. The minimum Gasteiger partial charge on any atom is -0.378 e. The topological polar surface area (TPSA) is 98.9 Å². The number of hydrogen-bond donors (Lipinski definition) is 3. The molecule has 0 radical (unpaired) electrons. The van der Waals surface area contributed by atoms with Crippen LogP contribution in [0.25, 0.3) is 22.6 Å². The van der Waals surface area contributed by atoms with E-state index in [2.05, 4.69) is 30.4 Å². The molecule has 3 N–H and O–H groups in total. The van der Waals surface area contributed by atoms with Crippen molar-refractivity contribution in [3.8, 4) is 11.5 Å². The summed E-state index contributed by atoms with van der Waals surface area (Å²) in [6.45, 7) is 2.98. The Balaban J connectivity index is 1.38. The number of anilines is 2. The lowest BCUT2D eigenvalue weighted by atomic mass is 10.1. The largest absolute Gasteiger partial charge is 0.378 e. The number of fused-ring (bicyclic) bond motifs is 1. The lowest BCUT2D eigenvalue weighted by Crippen LogP contribution is -2.36. The van der Waals surface area contributed by atoms with Crippen LogP contribution in [0.4, 0.5) is 11.4 Å². The third kappa shape index (κ3) is 3.51. The average molecular weight is 423 g/mol. The Morgan fingerprint density at radius 2 is 2.00 bits per heavy atom. The summed E-state index contributed by atoms with van der Waals surface area (Å²) in [5.41, 5.74) is 4.23. The van der Waals surface area contributed by atoms with Gasteiger partial charge in [-0.3, -0.25) is 9.89 Å². The van der Waals surface area contributed by atoms with Gasteiger partial charge in [0.2, 0.25) is 0 Å². The first kappa shape index (κ1) is 18.7. The summed E-state index contributed by atoms with van der Waals surface area (Å²) in [5.74, 6) is 0.282. The molecule has 2 aromatic heterocycles. The van der Waals surface area contributed by atoms with Gasteiger partial charge in [-0.1, -0.05) is 23.7 Å². The van der Waals surface area contributed by atoms with Crippen molar-refractivity contribution in [3.63, 3.8) is 0 Å². The highest BCUT2D eigenvalue weighted by Gasteiger charge is 2.18. The summed E-state index contributed by atoms with van der Waals surface area (Å²) in [7, 11) is 0. The van der Waals surface area contributed by atoms with Gasteiger partial charge in [0.15, 0.2) is 5.82 Å². The summed E-state index contributed by atoms with van der Waals surface area (Å²) in [6, 6.07) is 13.2. The minimum absolute atomic E-state index is 0.313. The number of rotatable bonds is 4. The van der Waals surface area contributed by atoms with Crippen molar-refractivity contribution >= 4 is 39.9 Å². The van der Waals surface area contributed by atoms with Gasteiger partial charge in [0.05, 0.1) is 46.7 Å². The molecule has 1 amide bonds. The lowest BCUT2D eigenvalue weighted by Gasteiger charge is -2.29. The fourth-order valence-electron chi connectivity index (χ4n) is 3.53. The van der Waals surface area contributed by atoms with Gasteiger partial charge < -0.3 is 19.9 Å². The van der Waals surface area contributed by atoms with Gasteiger partial charge in [-0.2, -0.15) is 5.10 Å². The first-order valence-electron chi connectivity index (χ1n) is 9.61. The van der Waals surface area contributed by atoms with Crippen LogP contribution in [-0.2, 0) is 4.74 Å². The number of imidazole rings is 1. The Labute approximate surface area is 177 Å². The Hall–Kier alpha value is -3.36. The molecular weight excluding hydrogens is 404 g/mol. The van der Waals surface area contributed by atoms with E-state index in [0.29, 0.717) is 41.0 Å². The third-order valence-corrected chi connectivity index (χ3v) is 5.40. The van der Waals surface area contributed by atoms with E-state index in [-0.39, 0.29) is 5.91 Å².